The van der Waals surface area contributed by atoms with E-state index in [-0.39, 0.29) is 23.7 Å². The number of nitrogens with one attached hydrogen (secondary N) is 1. The van der Waals surface area contributed by atoms with Crippen molar-refractivity contribution in [3.63, 3.8) is 0 Å². The number of carbonyl (C=O) groups is 1. The summed E-state index contributed by atoms with van der Waals surface area (Å²) in [4.78, 5) is 14.2. The molecule has 0 radical (unpaired) electrons. The lowest BCUT2D eigenvalue weighted by atomic mass is 10.0. The zero-order valence-corrected chi connectivity index (χ0v) is 15.4. The Morgan fingerprint density at radius 3 is 1.81 bits per heavy atom. The van der Waals surface area contributed by atoms with E-state index in [1.165, 1.54) is 11.1 Å². The molecule has 3 aromatic carbocycles. The van der Waals surface area contributed by atoms with E-state index in [2.05, 4.69) is 29.6 Å². The third-order valence-corrected chi connectivity index (χ3v) is 5.85. The van der Waals surface area contributed by atoms with Crippen LogP contribution in [0.2, 0.25) is 0 Å². The zero-order chi connectivity index (χ0) is 17.9. The summed E-state index contributed by atoms with van der Waals surface area (Å²) in [6.07, 6.45) is 2.03. The van der Waals surface area contributed by atoms with Crippen LogP contribution in [0.4, 0.5) is 5.69 Å². The molecule has 2 nitrogen and oxygen atoms in total. The van der Waals surface area contributed by atoms with Crippen molar-refractivity contribution in [2.45, 2.75) is 16.7 Å². The quantitative estimate of drug-likeness (QED) is 0.606. The van der Waals surface area contributed by atoms with E-state index in [1.807, 2.05) is 66.9 Å². The topological polar surface area (TPSA) is 29.1 Å². The van der Waals surface area contributed by atoms with Crippen LogP contribution in [-0.4, -0.2) is 12.2 Å². The number of para-hydroxylation sites is 1. The molecule has 1 aliphatic carbocycles. The number of rotatable bonds is 5. The number of carbonyl (C=O) groups excluding carboxylic acids is 1. The lowest BCUT2D eigenvalue weighted by Crippen LogP contribution is -2.16. The van der Waals surface area contributed by atoms with Crippen LogP contribution in [0.1, 0.15) is 23.0 Å². The van der Waals surface area contributed by atoms with Crippen LogP contribution in [-0.2, 0) is 4.79 Å². The molecule has 0 unspecified atom stereocenters. The fraction of sp³-hybridized carbons (Fsp3) is 0.174. The van der Waals surface area contributed by atoms with Crippen LogP contribution in [0, 0.1) is 5.92 Å². The van der Waals surface area contributed by atoms with Gasteiger partial charge in [-0.3, -0.25) is 4.79 Å². The SMILES string of the molecule is CSc1ccccc1NC(=O)C1[C@@H](c2ccccc2)[C@@H]1c1ccccc1. The smallest absolute Gasteiger partial charge is 0.228 e. The normalized spacial score (nSPS) is 21.2. The highest BCUT2D eigenvalue weighted by Gasteiger charge is 2.55. The molecule has 0 heterocycles. The second-order valence-electron chi connectivity index (χ2n) is 6.59. The first kappa shape index (κ1) is 16.9. The van der Waals surface area contributed by atoms with Crippen molar-refractivity contribution in [3.05, 3.63) is 96.1 Å². The van der Waals surface area contributed by atoms with Crippen LogP contribution in [0.3, 0.4) is 0 Å². The van der Waals surface area contributed by atoms with Gasteiger partial charge < -0.3 is 5.32 Å². The Morgan fingerprint density at radius 1 is 0.769 bits per heavy atom. The van der Waals surface area contributed by atoms with E-state index >= 15 is 0 Å². The molecule has 1 fully saturated rings. The molecular weight excluding hydrogens is 338 g/mol. The van der Waals surface area contributed by atoms with E-state index < -0.39 is 0 Å². The molecule has 3 heteroatoms. The summed E-state index contributed by atoms with van der Waals surface area (Å²) in [5.74, 6) is 0.545. The summed E-state index contributed by atoms with van der Waals surface area (Å²) in [5.41, 5.74) is 3.37. The monoisotopic (exact) mass is 359 g/mol. The Labute approximate surface area is 158 Å². The molecule has 1 amide bonds. The third-order valence-electron chi connectivity index (χ3n) is 5.06. The minimum absolute atomic E-state index is 0.0327. The summed E-state index contributed by atoms with van der Waals surface area (Å²) in [6, 6.07) is 28.7. The zero-order valence-electron chi connectivity index (χ0n) is 14.6. The lowest BCUT2D eigenvalue weighted by Gasteiger charge is -2.09. The van der Waals surface area contributed by atoms with Gasteiger partial charge in [0.2, 0.25) is 5.91 Å². The number of amides is 1. The maximum Gasteiger partial charge on any atom is 0.228 e. The summed E-state index contributed by atoms with van der Waals surface area (Å²) >= 11 is 1.65. The van der Waals surface area contributed by atoms with Gasteiger partial charge in [0.25, 0.3) is 0 Å². The minimum Gasteiger partial charge on any atom is -0.325 e. The van der Waals surface area contributed by atoms with E-state index in [4.69, 9.17) is 0 Å². The van der Waals surface area contributed by atoms with Crippen molar-refractivity contribution in [2.75, 3.05) is 11.6 Å². The van der Waals surface area contributed by atoms with E-state index in [1.54, 1.807) is 11.8 Å². The highest BCUT2D eigenvalue weighted by Crippen LogP contribution is 2.60. The maximum absolute atomic E-state index is 13.1. The van der Waals surface area contributed by atoms with Crippen molar-refractivity contribution in [3.8, 4) is 0 Å². The van der Waals surface area contributed by atoms with E-state index in [0.29, 0.717) is 0 Å². The molecular formula is C23H21NOS. The number of thioether (sulfide) groups is 1. The molecule has 0 saturated heterocycles. The largest absolute Gasteiger partial charge is 0.325 e. The van der Waals surface area contributed by atoms with E-state index in [9.17, 15) is 4.79 Å². The first-order valence-electron chi connectivity index (χ1n) is 8.83. The molecule has 0 aromatic heterocycles. The molecule has 1 aliphatic rings. The molecule has 4 rings (SSSR count). The Balaban J connectivity index is 1.61. The number of hydrogen-bond donors (Lipinski definition) is 1. The second kappa shape index (κ2) is 7.38. The predicted molar refractivity (Wildman–Crippen MR) is 109 cm³/mol. The molecule has 0 aliphatic heterocycles. The third kappa shape index (κ3) is 3.27. The maximum atomic E-state index is 13.1. The summed E-state index contributed by atoms with van der Waals surface area (Å²) in [5, 5.41) is 3.16. The van der Waals surface area contributed by atoms with Gasteiger partial charge in [-0.1, -0.05) is 72.8 Å². The van der Waals surface area contributed by atoms with Crippen LogP contribution in [0.15, 0.2) is 89.8 Å². The second-order valence-corrected chi connectivity index (χ2v) is 7.44. The Morgan fingerprint density at radius 2 is 1.27 bits per heavy atom. The van der Waals surface area contributed by atoms with Crippen LogP contribution < -0.4 is 5.32 Å². The summed E-state index contributed by atoms with van der Waals surface area (Å²) < 4.78 is 0. The molecule has 130 valence electrons. The van der Waals surface area contributed by atoms with Gasteiger partial charge in [-0.2, -0.15) is 0 Å². The minimum atomic E-state index is -0.0327. The summed E-state index contributed by atoms with van der Waals surface area (Å²) in [6.45, 7) is 0. The number of anilines is 1. The molecule has 1 saturated carbocycles. The Bertz CT molecular complexity index is 849. The molecule has 3 aromatic rings. The van der Waals surface area contributed by atoms with Crippen molar-refractivity contribution in [2.24, 2.45) is 5.92 Å². The van der Waals surface area contributed by atoms with Crippen molar-refractivity contribution >= 4 is 23.4 Å². The van der Waals surface area contributed by atoms with Gasteiger partial charge in [0.1, 0.15) is 0 Å². The predicted octanol–water partition coefficient (Wildman–Crippen LogP) is 5.54. The fourth-order valence-electron chi connectivity index (χ4n) is 3.78. The molecule has 0 bridgehead atoms. The number of benzene rings is 3. The first-order chi connectivity index (χ1) is 12.8. The standard InChI is InChI=1S/C23H21NOS/c1-26-19-15-9-8-14-18(19)24-23(25)22-20(16-10-4-2-5-11-16)21(22)17-12-6-3-7-13-17/h2-15,20-22H,1H3,(H,24,25)/t20-,21-/m0/s1. The van der Waals surface area contributed by atoms with E-state index in [0.717, 1.165) is 10.6 Å². The fourth-order valence-corrected chi connectivity index (χ4v) is 4.33. The first-order valence-corrected chi connectivity index (χ1v) is 10.1. The summed E-state index contributed by atoms with van der Waals surface area (Å²) in [7, 11) is 0. The molecule has 0 spiro atoms. The van der Waals surface area contributed by atoms with Crippen LogP contribution >= 0.6 is 11.8 Å². The van der Waals surface area contributed by atoms with Gasteiger partial charge in [-0.25, -0.2) is 0 Å². The van der Waals surface area contributed by atoms with Gasteiger partial charge in [-0.05, 0) is 29.5 Å². The Hall–Kier alpha value is -2.52. The Kier molecular flexibility index (Phi) is 4.81. The van der Waals surface area contributed by atoms with Crippen molar-refractivity contribution in [1.29, 1.82) is 0 Å². The average Bonchev–Trinajstić information content (AvgIpc) is 3.46. The lowest BCUT2D eigenvalue weighted by molar-refractivity contribution is -0.117. The van der Waals surface area contributed by atoms with Gasteiger partial charge in [0.15, 0.2) is 0 Å². The molecule has 26 heavy (non-hydrogen) atoms. The highest BCUT2D eigenvalue weighted by molar-refractivity contribution is 7.98. The number of hydrogen-bond acceptors (Lipinski definition) is 2. The highest BCUT2D eigenvalue weighted by atomic mass is 32.2. The van der Waals surface area contributed by atoms with Crippen molar-refractivity contribution < 1.29 is 4.79 Å². The van der Waals surface area contributed by atoms with Crippen molar-refractivity contribution in [1.82, 2.24) is 0 Å². The van der Waals surface area contributed by atoms with Gasteiger partial charge in [0, 0.05) is 16.7 Å². The molecule has 1 N–H and O–H groups in total. The van der Waals surface area contributed by atoms with Crippen LogP contribution in [0.25, 0.3) is 0 Å². The van der Waals surface area contributed by atoms with Gasteiger partial charge >= 0.3 is 0 Å². The molecule has 2 atom stereocenters. The average molecular weight is 359 g/mol. The van der Waals surface area contributed by atoms with Crippen LogP contribution in [0.5, 0.6) is 0 Å². The van der Waals surface area contributed by atoms with Gasteiger partial charge in [-0.15, -0.1) is 11.8 Å². The van der Waals surface area contributed by atoms with Gasteiger partial charge in [0.05, 0.1) is 11.6 Å².